The molecular formula is C22H24N6O3S. The van der Waals surface area contributed by atoms with E-state index < -0.39 is 10.8 Å². The van der Waals surface area contributed by atoms with Crippen molar-refractivity contribution in [3.05, 3.63) is 59.7 Å². The van der Waals surface area contributed by atoms with Gasteiger partial charge in [-0.3, -0.25) is 13.9 Å². The number of nitrogens with one attached hydrogen (secondary N) is 1. The molecule has 0 radical (unpaired) electrons. The summed E-state index contributed by atoms with van der Waals surface area (Å²) >= 11 is 0. The van der Waals surface area contributed by atoms with Gasteiger partial charge in [-0.15, -0.1) is 0 Å². The van der Waals surface area contributed by atoms with Gasteiger partial charge >= 0.3 is 0 Å². The Bertz CT molecular complexity index is 1120. The predicted octanol–water partition coefficient (Wildman–Crippen LogP) is 2.49. The third kappa shape index (κ3) is 4.75. The first-order valence-corrected chi connectivity index (χ1v) is 11.6. The second-order valence-electron chi connectivity index (χ2n) is 7.31. The lowest BCUT2D eigenvalue weighted by Crippen LogP contribution is -2.27. The molecule has 166 valence electrons. The summed E-state index contributed by atoms with van der Waals surface area (Å²) in [6.45, 7) is 2.74. The minimum Gasteiger partial charge on any atom is -0.497 e. The van der Waals surface area contributed by atoms with Crippen molar-refractivity contribution in [2.24, 2.45) is 0 Å². The Morgan fingerprint density at radius 2 is 1.88 bits per heavy atom. The zero-order chi connectivity index (χ0) is 22.5. The third-order valence-electron chi connectivity index (χ3n) is 5.02. The zero-order valence-corrected chi connectivity index (χ0v) is 18.8. The molecule has 0 saturated carbocycles. The van der Waals surface area contributed by atoms with Crippen LogP contribution in [0.1, 0.15) is 30.0 Å². The van der Waals surface area contributed by atoms with Crippen LogP contribution in [0.5, 0.6) is 5.75 Å². The minimum absolute atomic E-state index is 0.0934. The average Bonchev–Trinajstić information content (AvgIpc) is 3.13. The van der Waals surface area contributed by atoms with Crippen LogP contribution in [0.2, 0.25) is 0 Å². The van der Waals surface area contributed by atoms with Crippen molar-refractivity contribution in [2.45, 2.75) is 38.0 Å². The first kappa shape index (κ1) is 21.8. The van der Waals surface area contributed by atoms with Crippen molar-refractivity contribution in [2.75, 3.05) is 23.1 Å². The van der Waals surface area contributed by atoms with Crippen LogP contribution in [0.4, 0.5) is 11.6 Å². The Labute approximate surface area is 188 Å². The molecule has 1 aliphatic rings. The molecule has 1 unspecified atom stereocenters. The van der Waals surface area contributed by atoms with Gasteiger partial charge in [0.25, 0.3) is 0 Å². The number of fused-ring (bicyclic) bond motifs is 1. The number of hydrogen-bond acceptors (Lipinski definition) is 8. The van der Waals surface area contributed by atoms with Crippen molar-refractivity contribution in [1.82, 2.24) is 19.9 Å². The Hall–Kier alpha value is -3.40. The number of rotatable bonds is 9. The molecule has 4 rings (SSSR count). The fraction of sp³-hybridized carbons (Fsp3) is 0.318. The van der Waals surface area contributed by atoms with Crippen molar-refractivity contribution < 1.29 is 13.7 Å². The van der Waals surface area contributed by atoms with Gasteiger partial charge in [0.2, 0.25) is 11.1 Å². The number of nitrogens with zero attached hydrogens (tertiary/aromatic N) is 5. The van der Waals surface area contributed by atoms with Gasteiger partial charge in [-0.25, -0.2) is 19.9 Å². The van der Waals surface area contributed by atoms with Gasteiger partial charge < -0.3 is 10.1 Å². The van der Waals surface area contributed by atoms with Crippen LogP contribution in [-0.2, 0) is 35.1 Å². The number of benzene rings is 1. The lowest BCUT2D eigenvalue weighted by Gasteiger charge is -2.17. The van der Waals surface area contributed by atoms with Crippen LogP contribution in [0.25, 0.3) is 0 Å². The number of aromatic nitrogens is 4. The lowest BCUT2D eigenvalue weighted by atomic mass is 10.2. The van der Waals surface area contributed by atoms with Crippen molar-refractivity contribution in [3.8, 4) is 5.75 Å². The number of amides is 1. The Kier molecular flexibility index (Phi) is 6.69. The summed E-state index contributed by atoms with van der Waals surface area (Å²) in [4.78, 5) is 31.5. The molecule has 0 fully saturated rings. The predicted molar refractivity (Wildman–Crippen MR) is 121 cm³/mol. The van der Waals surface area contributed by atoms with E-state index in [-0.39, 0.29) is 17.5 Å². The number of hydrogen-bond donors (Lipinski definition) is 1. The second kappa shape index (κ2) is 9.82. The first-order chi connectivity index (χ1) is 15.6. The molecule has 3 aromatic rings. The smallest absolute Gasteiger partial charge is 0.233 e. The summed E-state index contributed by atoms with van der Waals surface area (Å²) in [5.74, 6) is 2.16. The zero-order valence-electron chi connectivity index (χ0n) is 17.9. The van der Waals surface area contributed by atoms with E-state index in [4.69, 9.17) is 4.74 Å². The number of carbonyl (C=O) groups excluding carboxylic acids is 1. The van der Waals surface area contributed by atoms with Crippen LogP contribution >= 0.6 is 0 Å². The van der Waals surface area contributed by atoms with Crippen LogP contribution in [0, 0.1) is 0 Å². The van der Waals surface area contributed by atoms with Crippen LogP contribution < -0.4 is 15.0 Å². The maximum absolute atomic E-state index is 12.8. The number of methoxy groups -OCH3 is 1. The van der Waals surface area contributed by atoms with Crippen molar-refractivity contribution in [1.29, 1.82) is 0 Å². The number of ether oxygens (including phenoxy) is 1. The molecule has 1 aromatic carbocycles. The van der Waals surface area contributed by atoms with Crippen LogP contribution in [0.15, 0.2) is 48.1 Å². The van der Waals surface area contributed by atoms with E-state index in [2.05, 4.69) is 25.3 Å². The van der Waals surface area contributed by atoms with Gasteiger partial charge in [0, 0.05) is 35.8 Å². The van der Waals surface area contributed by atoms with E-state index in [0.29, 0.717) is 36.0 Å². The summed E-state index contributed by atoms with van der Waals surface area (Å²) in [6.07, 6.45) is 5.69. The molecule has 1 atom stereocenters. The molecule has 1 aliphatic heterocycles. The standard InChI is InChI=1S/C22H24N6O3S/c1-3-8-32(30)22-26-20(25-12-15-4-6-17(31-2)7-5-15)18-9-19(29)28(21(18)27-22)13-16-10-23-14-24-11-16/h4-7,10-11,14H,3,8-9,12-13H2,1-2H3,(H,25,26,27). The quantitative estimate of drug-likeness (QED) is 0.493. The fourth-order valence-electron chi connectivity index (χ4n) is 3.41. The minimum atomic E-state index is -1.35. The molecule has 1 amide bonds. The van der Waals surface area contributed by atoms with Crippen LogP contribution in [-0.4, -0.2) is 42.9 Å². The Morgan fingerprint density at radius 1 is 1.12 bits per heavy atom. The molecule has 0 aliphatic carbocycles. The molecule has 10 heteroatoms. The van der Waals surface area contributed by atoms with Gasteiger partial charge in [0.15, 0.2) is 0 Å². The van der Waals surface area contributed by atoms with E-state index in [1.54, 1.807) is 24.4 Å². The van der Waals surface area contributed by atoms with Crippen molar-refractivity contribution >= 4 is 28.3 Å². The normalized spacial score (nSPS) is 13.7. The maximum Gasteiger partial charge on any atom is 0.233 e. The maximum atomic E-state index is 12.8. The molecular weight excluding hydrogens is 428 g/mol. The highest BCUT2D eigenvalue weighted by Gasteiger charge is 2.33. The molecule has 0 bridgehead atoms. The van der Waals surface area contributed by atoms with Gasteiger partial charge in [0.05, 0.1) is 30.9 Å². The van der Waals surface area contributed by atoms with Crippen molar-refractivity contribution in [3.63, 3.8) is 0 Å². The molecule has 0 spiro atoms. The van der Waals surface area contributed by atoms with E-state index in [9.17, 15) is 9.00 Å². The van der Waals surface area contributed by atoms with Gasteiger partial charge in [-0.1, -0.05) is 19.1 Å². The SMILES string of the molecule is CCCS(=O)c1nc(NCc2ccc(OC)cc2)c2c(n1)N(Cc1cncnc1)C(=O)C2. The molecule has 0 saturated heterocycles. The molecule has 3 heterocycles. The highest BCUT2D eigenvalue weighted by atomic mass is 32.2. The van der Waals surface area contributed by atoms with Gasteiger partial charge in [0.1, 0.15) is 23.7 Å². The molecule has 2 aromatic heterocycles. The summed E-state index contributed by atoms with van der Waals surface area (Å²) < 4.78 is 17.9. The van der Waals surface area contributed by atoms with Crippen LogP contribution in [0.3, 0.4) is 0 Å². The first-order valence-electron chi connectivity index (χ1n) is 10.3. The highest BCUT2D eigenvalue weighted by molar-refractivity contribution is 7.84. The largest absolute Gasteiger partial charge is 0.497 e. The molecule has 32 heavy (non-hydrogen) atoms. The van der Waals surface area contributed by atoms with E-state index in [0.717, 1.165) is 23.3 Å². The highest BCUT2D eigenvalue weighted by Crippen LogP contribution is 2.34. The summed E-state index contributed by atoms with van der Waals surface area (Å²) in [6, 6.07) is 7.68. The van der Waals surface area contributed by atoms with Gasteiger partial charge in [-0.2, -0.15) is 0 Å². The van der Waals surface area contributed by atoms with Gasteiger partial charge in [-0.05, 0) is 24.1 Å². The lowest BCUT2D eigenvalue weighted by molar-refractivity contribution is -0.117. The second-order valence-corrected chi connectivity index (χ2v) is 8.78. The Balaban J connectivity index is 1.65. The molecule has 1 N–H and O–H groups in total. The summed E-state index contributed by atoms with van der Waals surface area (Å²) in [7, 11) is 0.272. The summed E-state index contributed by atoms with van der Waals surface area (Å²) in [5, 5.41) is 3.54. The molecule has 9 nitrogen and oxygen atoms in total. The third-order valence-corrected chi connectivity index (χ3v) is 6.39. The topological polar surface area (TPSA) is 110 Å². The number of carbonyl (C=O) groups is 1. The van der Waals surface area contributed by atoms with E-state index >= 15 is 0 Å². The monoisotopic (exact) mass is 452 g/mol. The Morgan fingerprint density at radius 3 is 2.56 bits per heavy atom. The summed E-state index contributed by atoms with van der Waals surface area (Å²) in [5.41, 5.74) is 2.52. The van der Waals surface area contributed by atoms with E-state index in [1.165, 1.54) is 6.33 Å². The fourth-order valence-corrected chi connectivity index (χ4v) is 4.35. The number of anilines is 2. The average molecular weight is 453 g/mol. The van der Waals surface area contributed by atoms with E-state index in [1.807, 2.05) is 31.2 Å².